The Kier molecular flexibility index (Phi) is 5.46. The molecule has 0 aliphatic rings. The highest BCUT2D eigenvalue weighted by atomic mass is 35.5. The van der Waals surface area contributed by atoms with Crippen molar-refractivity contribution in [3.63, 3.8) is 0 Å². The Labute approximate surface area is 145 Å². The first kappa shape index (κ1) is 17.8. The van der Waals surface area contributed by atoms with Crippen molar-refractivity contribution >= 4 is 29.2 Å². The maximum atomic E-state index is 12.2. The molecule has 2 aromatic rings. The number of hydrogen-bond acceptors (Lipinski definition) is 4. The van der Waals surface area contributed by atoms with Gasteiger partial charge in [-0.2, -0.15) is 0 Å². The monoisotopic (exact) mass is 347 g/mol. The van der Waals surface area contributed by atoms with Crippen molar-refractivity contribution in [2.45, 2.75) is 26.9 Å². The number of benzene rings is 2. The second-order valence-corrected chi connectivity index (χ2v) is 5.95. The van der Waals surface area contributed by atoms with Crippen LogP contribution in [0.25, 0.3) is 0 Å². The first-order valence-corrected chi connectivity index (χ1v) is 7.73. The van der Waals surface area contributed by atoms with E-state index in [4.69, 9.17) is 16.3 Å². The number of hydrogen-bond donors (Lipinski definition) is 2. The van der Waals surface area contributed by atoms with Crippen LogP contribution in [0.4, 0.5) is 5.69 Å². The van der Waals surface area contributed by atoms with Crippen LogP contribution < -0.4 is 5.32 Å². The third-order valence-corrected chi connectivity index (χ3v) is 3.72. The third kappa shape index (κ3) is 4.26. The number of phenolic OH excluding ortho intramolecular Hbond substituents is 1. The first-order valence-electron chi connectivity index (χ1n) is 7.35. The van der Waals surface area contributed by atoms with Crippen LogP contribution in [0.15, 0.2) is 36.4 Å². The van der Waals surface area contributed by atoms with Gasteiger partial charge in [-0.3, -0.25) is 4.79 Å². The zero-order valence-electron chi connectivity index (χ0n) is 13.6. The van der Waals surface area contributed by atoms with Crippen LogP contribution in [0, 0.1) is 13.8 Å². The van der Waals surface area contributed by atoms with Gasteiger partial charge in [0.05, 0.1) is 0 Å². The van der Waals surface area contributed by atoms with E-state index in [0.717, 1.165) is 11.1 Å². The van der Waals surface area contributed by atoms with Gasteiger partial charge in [-0.15, -0.1) is 0 Å². The fourth-order valence-corrected chi connectivity index (χ4v) is 2.23. The van der Waals surface area contributed by atoms with Crippen molar-refractivity contribution in [1.82, 2.24) is 0 Å². The number of carbonyl (C=O) groups is 2. The molecule has 5 nitrogen and oxygen atoms in total. The maximum Gasteiger partial charge on any atom is 0.342 e. The molecule has 1 amide bonds. The maximum absolute atomic E-state index is 12.2. The van der Waals surface area contributed by atoms with Crippen LogP contribution in [-0.2, 0) is 9.53 Å². The minimum Gasteiger partial charge on any atom is -0.507 e. The summed E-state index contributed by atoms with van der Waals surface area (Å²) in [6.07, 6.45) is -1.02. The molecule has 1 atom stereocenters. The lowest BCUT2D eigenvalue weighted by molar-refractivity contribution is -0.123. The molecule has 2 rings (SSSR count). The van der Waals surface area contributed by atoms with Gasteiger partial charge < -0.3 is 15.2 Å². The molecule has 0 radical (unpaired) electrons. The van der Waals surface area contributed by atoms with Crippen molar-refractivity contribution in [2.24, 2.45) is 0 Å². The average Bonchev–Trinajstić information content (AvgIpc) is 2.50. The summed E-state index contributed by atoms with van der Waals surface area (Å²) >= 11 is 5.72. The van der Waals surface area contributed by atoms with Gasteiger partial charge in [-0.05, 0) is 56.2 Å². The summed E-state index contributed by atoms with van der Waals surface area (Å²) in [7, 11) is 0. The Balaban J connectivity index is 2.05. The van der Waals surface area contributed by atoms with Crippen LogP contribution >= 0.6 is 11.6 Å². The molecule has 0 bridgehead atoms. The lowest BCUT2D eigenvalue weighted by Gasteiger charge is -2.15. The van der Waals surface area contributed by atoms with Gasteiger partial charge in [0.15, 0.2) is 6.10 Å². The van der Waals surface area contributed by atoms with Crippen LogP contribution in [0.1, 0.15) is 28.4 Å². The molecule has 0 heterocycles. The van der Waals surface area contributed by atoms with Gasteiger partial charge in [0, 0.05) is 10.7 Å². The van der Waals surface area contributed by atoms with E-state index in [1.54, 1.807) is 0 Å². The molecule has 2 aromatic carbocycles. The highest BCUT2D eigenvalue weighted by Gasteiger charge is 2.21. The van der Waals surface area contributed by atoms with Gasteiger partial charge in [-0.25, -0.2) is 4.79 Å². The minimum absolute atomic E-state index is 0.0502. The van der Waals surface area contributed by atoms with E-state index < -0.39 is 18.0 Å². The fourth-order valence-electron chi connectivity index (χ4n) is 2.06. The predicted octanol–water partition coefficient (Wildman–Crippen LogP) is 3.85. The summed E-state index contributed by atoms with van der Waals surface area (Å²) in [6, 6.07) is 9.71. The highest BCUT2D eigenvalue weighted by molar-refractivity contribution is 6.30. The number of aromatic hydroxyl groups is 1. The summed E-state index contributed by atoms with van der Waals surface area (Å²) in [6.45, 7) is 5.25. The molecule has 2 N–H and O–H groups in total. The molecule has 126 valence electrons. The van der Waals surface area contributed by atoms with E-state index in [2.05, 4.69) is 5.32 Å². The van der Waals surface area contributed by atoms with Crippen LogP contribution in [0.2, 0.25) is 5.02 Å². The summed E-state index contributed by atoms with van der Waals surface area (Å²) in [4.78, 5) is 24.3. The predicted molar refractivity (Wildman–Crippen MR) is 92.5 cm³/mol. The smallest absolute Gasteiger partial charge is 0.342 e. The zero-order valence-corrected chi connectivity index (χ0v) is 14.3. The lowest BCUT2D eigenvalue weighted by atomic mass is 10.1. The molecular formula is C18H18ClNO4. The number of rotatable bonds is 4. The Morgan fingerprint density at radius 1 is 1.17 bits per heavy atom. The normalized spacial score (nSPS) is 11.7. The number of nitrogens with one attached hydrogen (secondary N) is 1. The third-order valence-electron chi connectivity index (χ3n) is 3.48. The number of anilines is 1. The van der Waals surface area contributed by atoms with Crippen molar-refractivity contribution < 1.29 is 19.4 Å². The van der Waals surface area contributed by atoms with Crippen LogP contribution in [0.5, 0.6) is 5.75 Å². The number of aryl methyl sites for hydroxylation is 2. The Hall–Kier alpha value is -2.53. The van der Waals surface area contributed by atoms with Gasteiger partial charge in [0.1, 0.15) is 11.3 Å². The molecule has 0 fully saturated rings. The second kappa shape index (κ2) is 7.36. The van der Waals surface area contributed by atoms with E-state index in [9.17, 15) is 14.7 Å². The quantitative estimate of drug-likeness (QED) is 0.824. The Morgan fingerprint density at radius 3 is 2.54 bits per heavy atom. The fraction of sp³-hybridized carbons (Fsp3) is 0.222. The first-order chi connectivity index (χ1) is 11.3. The number of amides is 1. The van der Waals surface area contributed by atoms with Crippen molar-refractivity contribution in [3.05, 3.63) is 58.1 Å². The van der Waals surface area contributed by atoms with E-state index >= 15 is 0 Å². The molecule has 24 heavy (non-hydrogen) atoms. The number of carbonyl (C=O) groups excluding carboxylic acids is 2. The van der Waals surface area contributed by atoms with Crippen molar-refractivity contribution in [1.29, 1.82) is 0 Å². The number of halogens is 1. The van der Waals surface area contributed by atoms with Crippen LogP contribution in [0.3, 0.4) is 0 Å². The van der Waals surface area contributed by atoms with Gasteiger partial charge in [-0.1, -0.05) is 23.7 Å². The SMILES string of the molecule is Cc1ccc(C)c(NC(=O)[C@@H](C)OC(=O)c2ccc(Cl)cc2O)c1. The largest absolute Gasteiger partial charge is 0.507 e. The summed E-state index contributed by atoms with van der Waals surface area (Å²) in [5.74, 6) is -1.55. The topological polar surface area (TPSA) is 75.6 Å². The summed E-state index contributed by atoms with van der Waals surface area (Å²) in [5.41, 5.74) is 2.53. The second-order valence-electron chi connectivity index (χ2n) is 5.52. The minimum atomic E-state index is -1.02. The van der Waals surface area contributed by atoms with Crippen molar-refractivity contribution in [3.8, 4) is 5.75 Å². The van der Waals surface area contributed by atoms with Gasteiger partial charge in [0.2, 0.25) is 0 Å². The lowest BCUT2D eigenvalue weighted by Crippen LogP contribution is -2.30. The molecule has 0 spiro atoms. The van der Waals surface area contributed by atoms with Gasteiger partial charge in [0.25, 0.3) is 5.91 Å². The molecule has 0 saturated carbocycles. The molecule has 0 saturated heterocycles. The number of esters is 1. The molecule has 0 aliphatic heterocycles. The Bertz CT molecular complexity index is 789. The van der Waals surface area contributed by atoms with E-state index in [-0.39, 0.29) is 11.3 Å². The van der Waals surface area contributed by atoms with E-state index in [0.29, 0.717) is 10.7 Å². The van der Waals surface area contributed by atoms with E-state index in [1.807, 2.05) is 32.0 Å². The molecule has 0 unspecified atom stereocenters. The number of phenols is 1. The standard InChI is InChI=1S/C18H18ClNO4/c1-10-4-5-11(2)15(8-10)20-17(22)12(3)24-18(23)14-7-6-13(19)9-16(14)21/h4-9,12,21H,1-3H3,(H,20,22)/t12-/m1/s1. The summed E-state index contributed by atoms with van der Waals surface area (Å²) < 4.78 is 5.11. The summed E-state index contributed by atoms with van der Waals surface area (Å²) in [5, 5.41) is 12.8. The van der Waals surface area contributed by atoms with Crippen LogP contribution in [-0.4, -0.2) is 23.1 Å². The Morgan fingerprint density at radius 2 is 1.88 bits per heavy atom. The molecule has 0 aliphatic carbocycles. The molecule has 0 aromatic heterocycles. The van der Waals surface area contributed by atoms with Crippen molar-refractivity contribution in [2.75, 3.05) is 5.32 Å². The van der Waals surface area contributed by atoms with E-state index in [1.165, 1.54) is 25.1 Å². The molecular weight excluding hydrogens is 330 g/mol. The zero-order chi connectivity index (χ0) is 17.9. The average molecular weight is 348 g/mol. The number of ether oxygens (including phenoxy) is 1. The molecule has 6 heteroatoms. The van der Waals surface area contributed by atoms with Gasteiger partial charge >= 0.3 is 5.97 Å². The highest BCUT2D eigenvalue weighted by Crippen LogP contribution is 2.23.